The lowest BCUT2D eigenvalue weighted by Gasteiger charge is -2.25. The van der Waals surface area contributed by atoms with Crippen LogP contribution in [0.1, 0.15) is 65.2 Å². The molecule has 27 nitrogen and oxygen atoms in total. The molecule has 0 fully saturated rings. The van der Waals surface area contributed by atoms with E-state index in [2.05, 4.69) is 68.6 Å². The van der Waals surface area contributed by atoms with Crippen LogP contribution in [0.25, 0.3) is 20.7 Å². The summed E-state index contributed by atoms with van der Waals surface area (Å²) < 4.78 is 43.4. The van der Waals surface area contributed by atoms with Gasteiger partial charge in [0.05, 0.1) is 56.4 Å². The number of primary amides is 1. The topological polar surface area (TPSA) is 362 Å². The van der Waals surface area contributed by atoms with E-state index in [0.717, 1.165) is 15.8 Å². The van der Waals surface area contributed by atoms with E-state index in [1.807, 2.05) is 37.3 Å². The summed E-state index contributed by atoms with van der Waals surface area (Å²) in [4.78, 5) is 91.2. The summed E-state index contributed by atoms with van der Waals surface area (Å²) in [7, 11) is 3.21. The first kappa shape index (κ1) is 66.9. The van der Waals surface area contributed by atoms with E-state index in [1.165, 1.54) is 46.8 Å². The fraction of sp³-hybridized carbons (Fsp3) is 0.404. The van der Waals surface area contributed by atoms with E-state index >= 15 is 4.39 Å². The van der Waals surface area contributed by atoms with Crippen LogP contribution in [-0.2, 0) is 46.4 Å². The lowest BCUT2D eigenvalue weighted by Crippen LogP contribution is -2.55. The van der Waals surface area contributed by atoms with Gasteiger partial charge in [0.1, 0.15) is 25.3 Å². The van der Waals surface area contributed by atoms with Crippen molar-refractivity contribution in [2.24, 2.45) is 16.8 Å². The molecule has 0 aliphatic carbocycles. The van der Waals surface area contributed by atoms with Crippen molar-refractivity contribution in [2.75, 3.05) is 95.5 Å². The van der Waals surface area contributed by atoms with Gasteiger partial charge in [0, 0.05) is 48.2 Å². The quantitative estimate of drug-likeness (QED) is 0.00690. The number of aryl methyl sites for hydroxylation is 2. The molecule has 0 unspecified atom stereocenters. The van der Waals surface area contributed by atoms with E-state index in [-0.39, 0.29) is 103 Å². The number of rotatable bonds is 34. The number of hydrogen-bond acceptors (Lipinski definition) is 20. The third kappa shape index (κ3) is 22.0. The highest BCUT2D eigenvalue weighted by Gasteiger charge is 2.29. The number of benzene rings is 3. The second kappa shape index (κ2) is 34.7. The zero-order chi connectivity index (χ0) is 62.7. The van der Waals surface area contributed by atoms with Crippen molar-refractivity contribution in [1.82, 2.24) is 41.0 Å². The zero-order valence-corrected chi connectivity index (χ0v) is 50.1. The number of nitrogens with one attached hydrogen (secondary N) is 5. The number of carbonyl (C=O) groups excluding carboxylic acids is 5. The van der Waals surface area contributed by atoms with Gasteiger partial charge in [-0.2, -0.15) is 0 Å². The van der Waals surface area contributed by atoms with Gasteiger partial charge in [0.2, 0.25) is 17.7 Å². The first-order valence-electron chi connectivity index (χ1n) is 27.4. The smallest absolute Gasteiger partial charge is 0.410 e. The Bertz CT molecular complexity index is 3390. The largest absolute Gasteiger partial charge is 0.491 e. The summed E-state index contributed by atoms with van der Waals surface area (Å²) in [5.74, 6) is 2.65. The van der Waals surface area contributed by atoms with E-state index < -0.39 is 53.7 Å². The number of aromatic nitrogens is 4. The molecule has 462 valence electrons. The van der Waals surface area contributed by atoms with Crippen molar-refractivity contribution < 1.29 is 61.9 Å². The molecule has 0 aliphatic heterocycles. The number of halogens is 1. The van der Waals surface area contributed by atoms with Crippen molar-refractivity contribution in [3.05, 3.63) is 116 Å². The van der Waals surface area contributed by atoms with Gasteiger partial charge in [-0.25, -0.2) is 28.7 Å². The molecule has 0 bridgehead atoms. The third-order valence-corrected chi connectivity index (χ3v) is 14.6. The average molecular weight is 1240 g/mol. The highest BCUT2D eigenvalue weighted by molar-refractivity contribution is 7.22. The summed E-state index contributed by atoms with van der Waals surface area (Å²) in [5, 5.41) is 36.9. The van der Waals surface area contributed by atoms with Crippen LogP contribution in [0.2, 0.25) is 0 Å². The number of carbonyl (C=O) groups is 6. The van der Waals surface area contributed by atoms with E-state index in [0.29, 0.717) is 56.4 Å². The number of nitrogens with zero attached hydrogens (tertiary/aromatic N) is 9. The molecule has 3 aromatic carbocycles. The number of azide groups is 1. The van der Waals surface area contributed by atoms with Crippen molar-refractivity contribution in [3.63, 3.8) is 0 Å². The molecule has 87 heavy (non-hydrogen) atoms. The first-order valence-corrected chi connectivity index (χ1v) is 29.0. The highest BCUT2D eigenvalue weighted by Crippen LogP contribution is 2.33. The summed E-state index contributed by atoms with van der Waals surface area (Å²) >= 11 is 2.70. The van der Waals surface area contributed by atoms with Crippen LogP contribution in [0.15, 0.2) is 77.9 Å². The fourth-order valence-electron chi connectivity index (χ4n) is 7.86. The number of carboxylic acid groups (broad SMARTS) is 1. The van der Waals surface area contributed by atoms with E-state index in [9.17, 15) is 33.9 Å². The SMILES string of the molecule is Cc1cc(N(C)c2nc(C(=O)O)c(CCCOc3ccc(C#CCN(C)C(=O)OCc4ccc(NC(=O)[C@H](CCCNC(N)=O)NC(=O)[C@@H](NC(=O)COCCOCCOCCN=[N+]=[N-])C(C)C)cc4)cc3F)s2)nnc1Nc1nc2ccccc2s1. The minimum atomic E-state index is -1.19. The minimum absolute atomic E-state index is 0.0162. The predicted octanol–water partition coefficient (Wildman–Crippen LogP) is 7.20. The first-order chi connectivity index (χ1) is 41.9. The standard InChI is InChI=1S/C57H68FN15O12S2/c1-35(2)48(66-47(74)34-83-30-29-82-28-27-81-26-23-62-71-60)52(76)64-42(13-8-22-61-54(59)79)51(75)63-39-19-16-38(17-20-39)33-85-57(80)72(4)24-9-11-37-18-21-43(40(58)32-37)84-25-10-15-45-49(53(77)78)67-56(87-45)73(5)46-31-36(3)50(70-69-46)68-55-65-41-12-6-7-14-44(41)86-55/h6-7,12,14,16-21,31-32,35,42,48H,8,10,13,15,22-30,33-34H2,1-5H3,(H,63,75)(H,64,76)(H,66,74)(H,77,78)(H3,59,61,79)(H,65,68,70)/t42-,48-/m0/s1. The van der Waals surface area contributed by atoms with Gasteiger partial charge in [0.25, 0.3) is 0 Å². The number of thiazole rings is 2. The molecule has 0 radical (unpaired) electrons. The maximum Gasteiger partial charge on any atom is 0.410 e. The summed E-state index contributed by atoms with van der Waals surface area (Å²) in [6, 6.07) is 17.4. The molecule has 3 heterocycles. The van der Waals surface area contributed by atoms with Gasteiger partial charge in [-0.15, -0.1) is 21.5 Å². The third-order valence-electron chi connectivity index (χ3n) is 12.4. The van der Waals surface area contributed by atoms with E-state index in [4.69, 9.17) is 34.9 Å². The Labute approximate surface area is 508 Å². The average Bonchev–Trinajstić information content (AvgIpc) is 2.61. The van der Waals surface area contributed by atoms with Crippen LogP contribution in [0.4, 0.5) is 41.6 Å². The van der Waals surface area contributed by atoms with Crippen molar-refractivity contribution in [1.29, 1.82) is 0 Å². The molecule has 0 saturated heterocycles. The number of anilines is 5. The fourth-order valence-corrected chi connectivity index (χ4v) is 9.79. The molecule has 6 amide bonds. The highest BCUT2D eigenvalue weighted by atomic mass is 32.1. The minimum Gasteiger partial charge on any atom is -0.491 e. The number of ether oxygens (including phenoxy) is 5. The van der Waals surface area contributed by atoms with Gasteiger partial charge >= 0.3 is 18.1 Å². The number of hydrogen-bond donors (Lipinski definition) is 7. The molecule has 0 spiro atoms. The maximum absolute atomic E-state index is 15.2. The second-order valence-corrected chi connectivity index (χ2v) is 21.6. The maximum atomic E-state index is 15.2. The summed E-state index contributed by atoms with van der Waals surface area (Å²) in [6.45, 7) is 6.33. The van der Waals surface area contributed by atoms with Crippen LogP contribution in [0.3, 0.4) is 0 Å². The summed E-state index contributed by atoms with van der Waals surface area (Å²) in [5.41, 5.74) is 16.3. The van der Waals surface area contributed by atoms with Gasteiger partial charge in [-0.05, 0) is 104 Å². The number of carboxylic acids is 1. The predicted molar refractivity (Wildman–Crippen MR) is 324 cm³/mol. The summed E-state index contributed by atoms with van der Waals surface area (Å²) in [6.07, 6.45) is 0.343. The van der Waals surface area contributed by atoms with Crippen LogP contribution in [0.5, 0.6) is 5.75 Å². The Balaban J connectivity index is 0.912. The molecule has 2 atom stereocenters. The number of amides is 6. The molecule has 6 rings (SSSR count). The number of fused-ring (bicyclic) bond motifs is 1. The Morgan fingerprint density at radius 3 is 2.33 bits per heavy atom. The Kier molecular flexibility index (Phi) is 26.6. The van der Waals surface area contributed by atoms with Gasteiger partial charge in [-0.3, -0.25) is 14.4 Å². The molecule has 6 aromatic rings. The normalized spacial score (nSPS) is 11.5. The monoisotopic (exact) mass is 1240 g/mol. The van der Waals surface area contributed by atoms with Crippen LogP contribution >= 0.6 is 22.7 Å². The Hall–Kier alpha value is -9.24. The molecule has 0 aliphatic rings. The van der Waals surface area contributed by atoms with Crippen molar-refractivity contribution >= 4 is 96.3 Å². The Morgan fingerprint density at radius 1 is 0.885 bits per heavy atom. The number of para-hydroxylation sites is 1. The Morgan fingerprint density at radius 2 is 1.63 bits per heavy atom. The van der Waals surface area contributed by atoms with Crippen LogP contribution in [-0.4, -0.2) is 158 Å². The van der Waals surface area contributed by atoms with Crippen LogP contribution < -0.4 is 42.0 Å². The number of aromatic carboxylic acids is 1. The number of nitrogens with two attached hydrogens (primary N) is 1. The second-order valence-electron chi connectivity index (χ2n) is 19.5. The molecule has 8 N–H and O–H groups in total. The van der Waals surface area contributed by atoms with E-state index in [1.54, 1.807) is 56.1 Å². The molecule has 0 saturated carbocycles. The molecular formula is C57H68FN15O12S2. The van der Waals surface area contributed by atoms with Crippen molar-refractivity contribution in [2.45, 2.75) is 65.1 Å². The lowest BCUT2D eigenvalue weighted by molar-refractivity contribution is -0.134. The molecule has 3 aromatic heterocycles. The van der Waals surface area contributed by atoms with Crippen LogP contribution in [0, 0.1) is 30.5 Å². The van der Waals surface area contributed by atoms with Crippen molar-refractivity contribution in [3.8, 4) is 17.6 Å². The van der Waals surface area contributed by atoms with Gasteiger partial charge < -0.3 is 70.9 Å². The number of urea groups is 1. The zero-order valence-electron chi connectivity index (χ0n) is 48.5. The van der Waals surface area contributed by atoms with Gasteiger partial charge in [-0.1, -0.05) is 66.4 Å². The van der Waals surface area contributed by atoms with Gasteiger partial charge in [0.15, 0.2) is 39.2 Å². The molecular weight excluding hydrogens is 1170 g/mol. The molecule has 30 heteroatoms. The lowest BCUT2D eigenvalue weighted by atomic mass is 10.0.